The summed E-state index contributed by atoms with van der Waals surface area (Å²) in [6.07, 6.45) is 2.21. The minimum atomic E-state index is -0.965. The van der Waals surface area contributed by atoms with Crippen LogP contribution < -0.4 is 16.0 Å². The number of nitrogens with one attached hydrogen (secondary N) is 3. The van der Waals surface area contributed by atoms with Gasteiger partial charge in [0.2, 0.25) is 23.5 Å². The van der Waals surface area contributed by atoms with Crippen LogP contribution in [-0.4, -0.2) is 73.4 Å². The molecule has 34 heavy (non-hydrogen) atoms. The highest BCUT2D eigenvalue weighted by Gasteiger charge is 2.47. The van der Waals surface area contributed by atoms with Crippen molar-refractivity contribution in [3.63, 3.8) is 0 Å². The summed E-state index contributed by atoms with van der Waals surface area (Å²) in [5.74, 6) is -0.0983. The number of rotatable bonds is 4. The van der Waals surface area contributed by atoms with Gasteiger partial charge in [0, 0.05) is 19.6 Å². The number of piperazine rings is 1. The Hall–Kier alpha value is -3.75. The first kappa shape index (κ1) is 23.4. The summed E-state index contributed by atoms with van der Waals surface area (Å²) < 4.78 is 1.67. The predicted octanol–water partition coefficient (Wildman–Crippen LogP) is 0.152. The van der Waals surface area contributed by atoms with Crippen LogP contribution in [-0.2, 0) is 20.9 Å². The van der Waals surface area contributed by atoms with Gasteiger partial charge in [0.25, 0.3) is 0 Å². The fourth-order valence-electron chi connectivity index (χ4n) is 4.16. The van der Waals surface area contributed by atoms with E-state index in [4.69, 9.17) is 0 Å². The van der Waals surface area contributed by atoms with Gasteiger partial charge >= 0.3 is 0 Å². The number of piperidine rings is 1. The van der Waals surface area contributed by atoms with Gasteiger partial charge in [-0.2, -0.15) is 15.2 Å². The van der Waals surface area contributed by atoms with E-state index in [1.807, 2.05) is 6.07 Å². The van der Waals surface area contributed by atoms with Gasteiger partial charge in [0.05, 0.1) is 6.33 Å². The Bertz CT molecular complexity index is 1180. The van der Waals surface area contributed by atoms with Crippen molar-refractivity contribution in [3.8, 4) is 6.07 Å². The molecule has 2 aliphatic heterocycles. The van der Waals surface area contributed by atoms with Crippen LogP contribution in [0, 0.1) is 16.7 Å². The van der Waals surface area contributed by atoms with Crippen LogP contribution in [0.15, 0.2) is 6.33 Å². The van der Waals surface area contributed by atoms with Gasteiger partial charge in [0.1, 0.15) is 29.7 Å². The number of nitrogens with zero attached hydrogens (tertiary/aromatic N) is 6. The number of carbonyl (C=O) groups excluding carboxylic acids is 3. The van der Waals surface area contributed by atoms with Gasteiger partial charge in [-0.15, -0.1) is 0 Å². The average Bonchev–Trinajstić information content (AvgIpc) is 3.18. The molecule has 0 radical (unpaired) electrons. The lowest BCUT2D eigenvalue weighted by Gasteiger charge is -2.44. The van der Waals surface area contributed by atoms with Crippen LogP contribution in [0.4, 0.5) is 5.82 Å². The van der Waals surface area contributed by atoms with Crippen LogP contribution in [0.25, 0.3) is 11.2 Å². The van der Waals surface area contributed by atoms with Crippen LogP contribution in [0.5, 0.6) is 0 Å². The first-order chi connectivity index (χ1) is 16.0. The zero-order valence-corrected chi connectivity index (χ0v) is 19.8. The van der Waals surface area contributed by atoms with Crippen LogP contribution >= 0.6 is 0 Å². The third-order valence-electron chi connectivity index (χ3n) is 6.17. The minimum absolute atomic E-state index is 0.00365. The molecule has 0 bridgehead atoms. The fourth-order valence-corrected chi connectivity index (χ4v) is 4.16. The number of hydrogen-bond donors (Lipinski definition) is 3. The molecule has 2 aliphatic rings. The molecule has 2 saturated heterocycles. The van der Waals surface area contributed by atoms with E-state index in [9.17, 15) is 19.6 Å². The van der Waals surface area contributed by atoms with Crippen molar-refractivity contribution < 1.29 is 14.4 Å². The second-order valence-electron chi connectivity index (χ2n) is 10.1. The predicted molar refractivity (Wildman–Crippen MR) is 122 cm³/mol. The molecular weight excluding hydrogens is 438 g/mol. The first-order valence-electron chi connectivity index (χ1n) is 11.3. The van der Waals surface area contributed by atoms with Crippen molar-refractivity contribution in [3.05, 3.63) is 12.2 Å². The number of carbonyl (C=O) groups is 3. The van der Waals surface area contributed by atoms with E-state index in [-0.39, 0.29) is 35.5 Å². The molecule has 2 fully saturated rings. The largest absolute Gasteiger partial charge is 0.368 e. The van der Waals surface area contributed by atoms with Crippen molar-refractivity contribution in [2.24, 2.45) is 5.41 Å². The second-order valence-corrected chi connectivity index (χ2v) is 10.1. The fraction of sp³-hybridized carbons (Fsp3) is 0.591. The average molecular weight is 468 g/mol. The number of imidazole rings is 1. The number of likely N-dealkylation sites (tertiary alicyclic amines) is 1. The maximum absolute atomic E-state index is 13.1. The Morgan fingerprint density at radius 1 is 1.29 bits per heavy atom. The molecule has 3 N–H and O–H groups in total. The smallest absolute Gasteiger partial charge is 0.246 e. The first-order valence-corrected chi connectivity index (χ1v) is 11.3. The molecule has 3 amide bonds. The van der Waals surface area contributed by atoms with Crippen LogP contribution in [0.2, 0.25) is 0 Å². The highest BCUT2D eigenvalue weighted by atomic mass is 16.2. The Morgan fingerprint density at radius 2 is 2.00 bits per heavy atom. The number of amides is 3. The number of aromatic nitrogens is 4. The third kappa shape index (κ3) is 4.50. The number of nitriles is 1. The summed E-state index contributed by atoms with van der Waals surface area (Å²) in [6, 6.07) is 1.39. The highest BCUT2D eigenvalue weighted by Crippen LogP contribution is 2.26. The molecular formula is C22H29N9O3. The van der Waals surface area contributed by atoms with Gasteiger partial charge in [0.15, 0.2) is 11.5 Å². The van der Waals surface area contributed by atoms with Gasteiger partial charge in [-0.3, -0.25) is 14.4 Å². The molecule has 4 heterocycles. The molecule has 1 spiro atoms. The van der Waals surface area contributed by atoms with Crippen LogP contribution in [0.1, 0.15) is 46.4 Å². The van der Waals surface area contributed by atoms with E-state index in [2.05, 4.69) is 51.7 Å². The van der Waals surface area contributed by atoms with Crippen molar-refractivity contribution in [2.45, 2.75) is 58.7 Å². The zero-order valence-electron chi connectivity index (χ0n) is 19.8. The van der Waals surface area contributed by atoms with Crippen LogP contribution in [0.3, 0.4) is 0 Å². The Labute approximate surface area is 197 Å². The van der Waals surface area contributed by atoms with E-state index in [1.54, 1.807) is 16.4 Å². The minimum Gasteiger partial charge on any atom is -0.368 e. The topological polar surface area (TPSA) is 158 Å². The van der Waals surface area contributed by atoms with E-state index in [0.717, 1.165) is 0 Å². The summed E-state index contributed by atoms with van der Waals surface area (Å²) in [5, 5.41) is 18.1. The molecule has 0 saturated carbocycles. The molecule has 2 aromatic rings. The summed E-state index contributed by atoms with van der Waals surface area (Å²) >= 11 is 0. The van der Waals surface area contributed by atoms with Crippen molar-refractivity contribution in [1.82, 2.24) is 35.1 Å². The lowest BCUT2D eigenvalue weighted by molar-refractivity contribution is -0.145. The molecule has 1 unspecified atom stereocenters. The summed E-state index contributed by atoms with van der Waals surface area (Å²) in [5.41, 5.74) is -0.108. The van der Waals surface area contributed by atoms with Crippen molar-refractivity contribution in [1.29, 1.82) is 5.26 Å². The third-order valence-corrected chi connectivity index (χ3v) is 6.17. The normalized spacial score (nSPS) is 20.1. The lowest BCUT2D eigenvalue weighted by atomic mass is 9.84. The van der Waals surface area contributed by atoms with E-state index >= 15 is 0 Å². The summed E-state index contributed by atoms with van der Waals surface area (Å²) in [6.45, 7) is 9.16. The second kappa shape index (κ2) is 8.55. The molecule has 1 atom stereocenters. The lowest BCUT2D eigenvalue weighted by Crippen LogP contribution is -2.71. The standard InChI is InChI=1S/C22H29N9O3/c1-13-19(33)29-22(20(34)26-13)5-7-30(8-6-22)15(32)10-31-12-25-18-16(31)17(24-11-21(2,3)4)27-14(9-23)28-18/h12-13H,5-8,10-11H2,1-4H3,(H,26,34)(H,29,33)(H,24,27,28). The molecule has 2 aromatic heterocycles. The van der Waals surface area contributed by atoms with E-state index in [0.29, 0.717) is 49.5 Å². The van der Waals surface area contributed by atoms with Gasteiger partial charge in [-0.25, -0.2) is 4.98 Å². The molecule has 180 valence electrons. The maximum atomic E-state index is 13.1. The van der Waals surface area contributed by atoms with Crippen molar-refractivity contribution >= 4 is 34.7 Å². The maximum Gasteiger partial charge on any atom is 0.246 e. The summed E-state index contributed by atoms with van der Waals surface area (Å²) in [7, 11) is 0. The Morgan fingerprint density at radius 3 is 2.65 bits per heavy atom. The molecule has 12 heteroatoms. The SMILES string of the molecule is CC1NC(=O)C2(CCN(C(=O)Cn3cnc4nc(C#N)nc(NCC(C)(C)C)c43)CC2)NC1=O. The molecule has 0 aliphatic carbocycles. The summed E-state index contributed by atoms with van der Waals surface area (Å²) in [4.78, 5) is 52.2. The number of hydrogen-bond acceptors (Lipinski definition) is 8. The Kier molecular flexibility index (Phi) is 5.89. The van der Waals surface area contributed by atoms with Crippen molar-refractivity contribution in [2.75, 3.05) is 25.0 Å². The van der Waals surface area contributed by atoms with Gasteiger partial charge in [-0.05, 0) is 25.2 Å². The highest BCUT2D eigenvalue weighted by molar-refractivity contribution is 5.99. The molecule has 12 nitrogen and oxygen atoms in total. The monoisotopic (exact) mass is 467 g/mol. The molecule has 4 rings (SSSR count). The van der Waals surface area contributed by atoms with E-state index < -0.39 is 11.6 Å². The Balaban J connectivity index is 1.50. The number of anilines is 1. The number of fused-ring (bicyclic) bond motifs is 1. The quantitative estimate of drug-likeness (QED) is 0.573. The van der Waals surface area contributed by atoms with E-state index in [1.165, 1.54) is 6.33 Å². The molecule has 0 aromatic carbocycles. The van der Waals surface area contributed by atoms with Gasteiger partial charge < -0.3 is 25.4 Å². The zero-order chi connectivity index (χ0) is 24.7. The van der Waals surface area contributed by atoms with Gasteiger partial charge in [-0.1, -0.05) is 20.8 Å².